The Morgan fingerprint density at radius 2 is 1.83 bits per heavy atom. The van der Waals surface area contributed by atoms with Crippen molar-refractivity contribution in [1.82, 2.24) is 5.32 Å². The normalized spacial score (nSPS) is 10.1. The number of nitrogens with two attached hydrogens (primary N) is 1. The highest BCUT2D eigenvalue weighted by Gasteiger charge is 2.04. The maximum absolute atomic E-state index is 12.0. The van der Waals surface area contributed by atoms with Crippen LogP contribution in [0.25, 0.3) is 0 Å². The molecular formula is C19H25ClN2O2. The van der Waals surface area contributed by atoms with E-state index in [1.165, 1.54) is 0 Å². The van der Waals surface area contributed by atoms with Crippen molar-refractivity contribution < 1.29 is 9.53 Å². The fourth-order valence-corrected chi connectivity index (χ4v) is 2.09. The zero-order valence-electron chi connectivity index (χ0n) is 14.1. The molecule has 0 heterocycles. The molecule has 0 spiro atoms. The highest BCUT2D eigenvalue weighted by atomic mass is 35.5. The zero-order valence-corrected chi connectivity index (χ0v) is 14.9. The minimum atomic E-state index is -0.0109. The van der Waals surface area contributed by atoms with Crippen LogP contribution in [0.15, 0.2) is 48.5 Å². The van der Waals surface area contributed by atoms with Gasteiger partial charge >= 0.3 is 0 Å². The van der Waals surface area contributed by atoms with Gasteiger partial charge in [-0.1, -0.05) is 38.1 Å². The Bertz CT molecular complexity index is 642. The van der Waals surface area contributed by atoms with E-state index in [2.05, 4.69) is 19.2 Å². The average Bonchev–Trinajstić information content (AvgIpc) is 2.54. The summed E-state index contributed by atoms with van der Waals surface area (Å²) in [5, 5.41) is 2.93. The number of carbonyl (C=O) groups is 1. The van der Waals surface area contributed by atoms with Gasteiger partial charge in [-0.25, -0.2) is 0 Å². The summed E-state index contributed by atoms with van der Waals surface area (Å²) in [4.78, 5) is 12.0. The summed E-state index contributed by atoms with van der Waals surface area (Å²) in [5.41, 5.74) is 8.31. The molecule has 2 aromatic carbocycles. The first kappa shape index (κ1) is 19.8. The van der Waals surface area contributed by atoms with Crippen LogP contribution in [-0.2, 0) is 17.8 Å². The molecule has 0 saturated heterocycles. The van der Waals surface area contributed by atoms with Crippen molar-refractivity contribution in [1.29, 1.82) is 0 Å². The standard InChI is InChI=1S/C19H24N2O2.ClH/c1-14(2)13-23-18-5-3-4-16(10-18)12-21-19(22)11-15-6-8-17(20)9-7-15;/h3-10,14H,11-13,20H2,1-2H3,(H,21,22);1H. The number of carbonyl (C=O) groups excluding carboxylic acids is 1. The SMILES string of the molecule is CC(C)COc1cccc(CNC(=O)Cc2ccc(N)cc2)c1.Cl. The maximum Gasteiger partial charge on any atom is 0.224 e. The summed E-state index contributed by atoms with van der Waals surface area (Å²) in [6.07, 6.45) is 0.351. The fourth-order valence-electron chi connectivity index (χ4n) is 2.09. The van der Waals surface area contributed by atoms with E-state index in [4.69, 9.17) is 10.5 Å². The minimum Gasteiger partial charge on any atom is -0.493 e. The molecule has 0 aliphatic heterocycles. The maximum atomic E-state index is 12.0. The molecule has 0 unspecified atom stereocenters. The number of hydrogen-bond acceptors (Lipinski definition) is 3. The van der Waals surface area contributed by atoms with E-state index in [-0.39, 0.29) is 18.3 Å². The number of amides is 1. The molecule has 0 aliphatic carbocycles. The van der Waals surface area contributed by atoms with Crippen LogP contribution in [0, 0.1) is 5.92 Å². The molecule has 3 N–H and O–H groups in total. The highest BCUT2D eigenvalue weighted by Crippen LogP contribution is 2.14. The third-order valence-corrected chi connectivity index (χ3v) is 3.32. The number of nitrogen functional groups attached to an aromatic ring is 1. The molecule has 0 bridgehead atoms. The Morgan fingerprint density at radius 3 is 2.50 bits per heavy atom. The lowest BCUT2D eigenvalue weighted by Crippen LogP contribution is -2.24. The van der Waals surface area contributed by atoms with E-state index in [9.17, 15) is 4.79 Å². The van der Waals surface area contributed by atoms with E-state index in [0.29, 0.717) is 31.2 Å². The third kappa shape index (κ3) is 6.92. The predicted octanol–water partition coefficient (Wildman–Crippen LogP) is 3.58. The van der Waals surface area contributed by atoms with E-state index < -0.39 is 0 Å². The summed E-state index contributed by atoms with van der Waals surface area (Å²) < 4.78 is 5.70. The van der Waals surface area contributed by atoms with Crippen LogP contribution in [0.2, 0.25) is 0 Å². The monoisotopic (exact) mass is 348 g/mol. The van der Waals surface area contributed by atoms with E-state index in [0.717, 1.165) is 16.9 Å². The predicted molar refractivity (Wildman–Crippen MR) is 100 cm³/mol. The molecule has 0 aromatic heterocycles. The summed E-state index contributed by atoms with van der Waals surface area (Å²) in [5.74, 6) is 1.31. The van der Waals surface area contributed by atoms with Crippen LogP contribution < -0.4 is 15.8 Å². The minimum absolute atomic E-state index is 0. The van der Waals surface area contributed by atoms with Crippen LogP contribution >= 0.6 is 12.4 Å². The van der Waals surface area contributed by atoms with Gasteiger partial charge in [0, 0.05) is 12.2 Å². The van der Waals surface area contributed by atoms with Crippen molar-refractivity contribution in [2.24, 2.45) is 5.92 Å². The molecule has 2 aromatic rings. The van der Waals surface area contributed by atoms with Gasteiger partial charge < -0.3 is 15.8 Å². The lowest BCUT2D eigenvalue weighted by molar-refractivity contribution is -0.120. The number of nitrogens with one attached hydrogen (secondary N) is 1. The van der Waals surface area contributed by atoms with Gasteiger partial charge in [0.05, 0.1) is 13.0 Å². The molecule has 0 radical (unpaired) electrons. The van der Waals surface area contributed by atoms with Crippen molar-refractivity contribution in [3.05, 3.63) is 59.7 Å². The Labute approximate surface area is 149 Å². The number of halogens is 1. The van der Waals surface area contributed by atoms with Crippen LogP contribution in [-0.4, -0.2) is 12.5 Å². The lowest BCUT2D eigenvalue weighted by atomic mass is 10.1. The van der Waals surface area contributed by atoms with Crippen molar-refractivity contribution in [2.45, 2.75) is 26.8 Å². The Balaban J connectivity index is 0.00000288. The molecule has 0 saturated carbocycles. The zero-order chi connectivity index (χ0) is 16.7. The smallest absolute Gasteiger partial charge is 0.224 e. The molecular weight excluding hydrogens is 324 g/mol. The van der Waals surface area contributed by atoms with E-state index >= 15 is 0 Å². The first-order valence-corrected chi connectivity index (χ1v) is 7.86. The summed E-state index contributed by atoms with van der Waals surface area (Å²) in [6.45, 7) is 5.40. The molecule has 24 heavy (non-hydrogen) atoms. The van der Waals surface area contributed by atoms with Crippen molar-refractivity contribution >= 4 is 24.0 Å². The Hall–Kier alpha value is -2.20. The quantitative estimate of drug-likeness (QED) is 0.751. The molecule has 2 rings (SSSR count). The summed E-state index contributed by atoms with van der Waals surface area (Å²) in [6, 6.07) is 15.2. The second-order valence-corrected chi connectivity index (χ2v) is 6.05. The van der Waals surface area contributed by atoms with Crippen molar-refractivity contribution in [3.63, 3.8) is 0 Å². The third-order valence-electron chi connectivity index (χ3n) is 3.32. The van der Waals surface area contributed by atoms with Gasteiger partial charge in [-0.2, -0.15) is 0 Å². The first-order chi connectivity index (χ1) is 11.0. The van der Waals surface area contributed by atoms with Gasteiger partial charge in [-0.05, 0) is 41.3 Å². The number of anilines is 1. The molecule has 0 aliphatic rings. The largest absolute Gasteiger partial charge is 0.493 e. The molecule has 1 amide bonds. The molecule has 0 atom stereocenters. The lowest BCUT2D eigenvalue weighted by Gasteiger charge is -2.10. The van der Waals surface area contributed by atoms with Crippen LogP contribution in [0.5, 0.6) is 5.75 Å². The summed E-state index contributed by atoms with van der Waals surface area (Å²) >= 11 is 0. The van der Waals surface area contributed by atoms with Crippen LogP contribution in [0.1, 0.15) is 25.0 Å². The van der Waals surface area contributed by atoms with Crippen LogP contribution in [0.3, 0.4) is 0 Å². The number of rotatable bonds is 7. The molecule has 4 nitrogen and oxygen atoms in total. The highest BCUT2D eigenvalue weighted by molar-refractivity contribution is 5.85. The van der Waals surface area contributed by atoms with Gasteiger partial charge in [0.1, 0.15) is 5.75 Å². The molecule has 5 heteroatoms. The van der Waals surface area contributed by atoms with Gasteiger partial charge in [0.15, 0.2) is 0 Å². The Morgan fingerprint density at radius 1 is 1.12 bits per heavy atom. The molecule has 0 fully saturated rings. The van der Waals surface area contributed by atoms with E-state index in [1.54, 1.807) is 12.1 Å². The topological polar surface area (TPSA) is 64.3 Å². The van der Waals surface area contributed by atoms with Gasteiger partial charge in [0.2, 0.25) is 5.91 Å². The number of hydrogen-bond donors (Lipinski definition) is 2. The second-order valence-electron chi connectivity index (χ2n) is 6.05. The fraction of sp³-hybridized carbons (Fsp3) is 0.316. The van der Waals surface area contributed by atoms with E-state index in [1.807, 2.05) is 36.4 Å². The molecule has 130 valence electrons. The summed E-state index contributed by atoms with van der Waals surface area (Å²) in [7, 11) is 0. The van der Waals surface area contributed by atoms with Crippen LogP contribution in [0.4, 0.5) is 5.69 Å². The Kier molecular flexibility index (Phi) is 8.13. The second kappa shape index (κ2) is 9.83. The van der Waals surface area contributed by atoms with Gasteiger partial charge in [-0.15, -0.1) is 12.4 Å². The average molecular weight is 349 g/mol. The number of ether oxygens (including phenoxy) is 1. The van der Waals surface area contributed by atoms with Crippen molar-refractivity contribution in [3.8, 4) is 5.75 Å². The van der Waals surface area contributed by atoms with Gasteiger partial charge in [0.25, 0.3) is 0 Å². The first-order valence-electron chi connectivity index (χ1n) is 7.86. The number of benzene rings is 2. The van der Waals surface area contributed by atoms with Crippen molar-refractivity contribution in [2.75, 3.05) is 12.3 Å². The van der Waals surface area contributed by atoms with Gasteiger partial charge in [-0.3, -0.25) is 4.79 Å².